The second-order valence-electron chi connectivity index (χ2n) is 4.62. The van der Waals surface area contributed by atoms with Gasteiger partial charge in [0.05, 0.1) is 0 Å². The highest BCUT2D eigenvalue weighted by Gasteiger charge is 2.17. The first kappa shape index (κ1) is 13.5. The molecule has 1 aromatic carbocycles. The van der Waals surface area contributed by atoms with Crippen molar-refractivity contribution in [2.24, 2.45) is 5.73 Å². The fourth-order valence-electron chi connectivity index (χ4n) is 1.46. The normalized spacial score (nSPS) is 11.6. The lowest BCUT2D eigenvalue weighted by Crippen LogP contribution is -2.35. The summed E-state index contributed by atoms with van der Waals surface area (Å²) >= 11 is 11.8. The van der Waals surface area contributed by atoms with Crippen LogP contribution in [0, 0.1) is 0 Å². The molecule has 1 rings (SSSR count). The Morgan fingerprint density at radius 1 is 1.38 bits per heavy atom. The van der Waals surface area contributed by atoms with Gasteiger partial charge in [-0.25, -0.2) is 0 Å². The van der Waals surface area contributed by atoms with Crippen molar-refractivity contribution in [3.05, 3.63) is 33.8 Å². The molecule has 0 bridgehead atoms. The summed E-state index contributed by atoms with van der Waals surface area (Å²) in [4.78, 5) is 11.7. The number of carbonyl (C=O) groups is 1. The molecule has 0 saturated carbocycles. The Morgan fingerprint density at radius 3 is 2.56 bits per heavy atom. The molecule has 16 heavy (non-hydrogen) atoms. The zero-order valence-corrected chi connectivity index (χ0v) is 10.9. The molecule has 0 radical (unpaired) electrons. The number of nitrogens with two attached hydrogens (primary N) is 1. The van der Waals surface area contributed by atoms with Crippen LogP contribution >= 0.6 is 23.2 Å². The van der Waals surface area contributed by atoms with Crippen LogP contribution in [-0.2, 0) is 11.2 Å². The van der Waals surface area contributed by atoms with Crippen molar-refractivity contribution in [3.63, 3.8) is 0 Å². The van der Waals surface area contributed by atoms with E-state index in [0.717, 1.165) is 5.56 Å². The van der Waals surface area contributed by atoms with Gasteiger partial charge in [-0.05, 0) is 37.6 Å². The smallest absolute Gasteiger partial charge is 0.139 e. The number of carbonyl (C=O) groups excluding carboxylic acids is 1. The third kappa shape index (κ3) is 4.52. The highest BCUT2D eigenvalue weighted by atomic mass is 35.5. The molecule has 2 N–H and O–H groups in total. The van der Waals surface area contributed by atoms with Crippen LogP contribution in [0.3, 0.4) is 0 Å². The van der Waals surface area contributed by atoms with Crippen LogP contribution in [-0.4, -0.2) is 11.3 Å². The molecule has 0 aliphatic heterocycles. The second-order valence-corrected chi connectivity index (χ2v) is 5.46. The summed E-state index contributed by atoms with van der Waals surface area (Å²) in [5.74, 6) is 0.0664. The topological polar surface area (TPSA) is 43.1 Å². The number of halogens is 2. The fourth-order valence-corrected chi connectivity index (χ4v) is 1.84. The van der Waals surface area contributed by atoms with Crippen molar-refractivity contribution in [1.82, 2.24) is 0 Å². The Kier molecular flexibility index (Phi) is 4.36. The predicted octanol–water partition coefficient (Wildman–Crippen LogP) is 3.23. The average molecular weight is 260 g/mol. The van der Waals surface area contributed by atoms with E-state index in [1.54, 1.807) is 18.2 Å². The number of ketones is 1. The molecule has 0 aliphatic carbocycles. The molecule has 0 aliphatic rings. The Morgan fingerprint density at radius 2 is 2.00 bits per heavy atom. The van der Waals surface area contributed by atoms with Gasteiger partial charge < -0.3 is 5.73 Å². The summed E-state index contributed by atoms with van der Waals surface area (Å²) < 4.78 is 0. The van der Waals surface area contributed by atoms with Crippen molar-refractivity contribution in [3.8, 4) is 0 Å². The SMILES string of the molecule is CC(C)(N)CC(=O)Cc1cc(Cl)ccc1Cl. The van der Waals surface area contributed by atoms with Crippen LogP contribution in [0.1, 0.15) is 25.8 Å². The van der Waals surface area contributed by atoms with Gasteiger partial charge >= 0.3 is 0 Å². The molecule has 0 amide bonds. The summed E-state index contributed by atoms with van der Waals surface area (Å²) in [6, 6.07) is 5.11. The molecule has 0 saturated heterocycles. The highest BCUT2D eigenvalue weighted by Crippen LogP contribution is 2.22. The van der Waals surface area contributed by atoms with Crippen molar-refractivity contribution in [2.45, 2.75) is 32.2 Å². The molecule has 4 heteroatoms. The maximum Gasteiger partial charge on any atom is 0.139 e. The van der Waals surface area contributed by atoms with E-state index in [0.29, 0.717) is 16.5 Å². The van der Waals surface area contributed by atoms with Crippen LogP contribution in [0.2, 0.25) is 10.0 Å². The van der Waals surface area contributed by atoms with E-state index in [1.165, 1.54) is 0 Å². The van der Waals surface area contributed by atoms with Crippen molar-refractivity contribution in [1.29, 1.82) is 0 Å². The van der Waals surface area contributed by atoms with Gasteiger partial charge in [0.25, 0.3) is 0 Å². The summed E-state index contributed by atoms with van der Waals surface area (Å²) in [5, 5.41) is 1.15. The number of hydrogen-bond acceptors (Lipinski definition) is 2. The van der Waals surface area contributed by atoms with Gasteiger partial charge in [-0.15, -0.1) is 0 Å². The van der Waals surface area contributed by atoms with E-state index in [2.05, 4.69) is 0 Å². The molecule has 0 spiro atoms. The van der Waals surface area contributed by atoms with Crippen LogP contribution in [0.25, 0.3) is 0 Å². The fraction of sp³-hybridized carbons (Fsp3) is 0.417. The summed E-state index contributed by atoms with van der Waals surface area (Å²) in [6.45, 7) is 3.65. The Hall–Kier alpha value is -0.570. The van der Waals surface area contributed by atoms with E-state index in [-0.39, 0.29) is 12.2 Å². The monoisotopic (exact) mass is 259 g/mol. The van der Waals surface area contributed by atoms with Crippen molar-refractivity contribution in [2.75, 3.05) is 0 Å². The number of Topliss-reactive ketones (excluding diaryl/α,β-unsaturated/α-hetero) is 1. The van der Waals surface area contributed by atoms with Crippen LogP contribution in [0.5, 0.6) is 0 Å². The lowest BCUT2D eigenvalue weighted by molar-refractivity contribution is -0.119. The van der Waals surface area contributed by atoms with Gasteiger partial charge in [0.1, 0.15) is 5.78 Å². The lowest BCUT2D eigenvalue weighted by atomic mass is 9.96. The van der Waals surface area contributed by atoms with Crippen molar-refractivity contribution < 1.29 is 4.79 Å². The molecular formula is C12H15Cl2NO. The van der Waals surface area contributed by atoms with E-state index >= 15 is 0 Å². The van der Waals surface area contributed by atoms with E-state index in [9.17, 15) is 4.79 Å². The first-order valence-corrected chi connectivity index (χ1v) is 5.78. The molecule has 2 nitrogen and oxygen atoms in total. The van der Waals surface area contributed by atoms with Gasteiger partial charge in [-0.2, -0.15) is 0 Å². The molecule has 88 valence electrons. The van der Waals surface area contributed by atoms with Crippen LogP contribution in [0.4, 0.5) is 0 Å². The molecule has 0 atom stereocenters. The average Bonchev–Trinajstić information content (AvgIpc) is 2.08. The van der Waals surface area contributed by atoms with Crippen molar-refractivity contribution >= 4 is 29.0 Å². The van der Waals surface area contributed by atoms with Gasteiger partial charge in [0.2, 0.25) is 0 Å². The summed E-state index contributed by atoms with van der Waals surface area (Å²) in [7, 11) is 0. The Balaban J connectivity index is 2.73. The molecular weight excluding hydrogens is 245 g/mol. The quantitative estimate of drug-likeness (QED) is 0.903. The largest absolute Gasteiger partial charge is 0.325 e. The maximum atomic E-state index is 11.7. The predicted molar refractivity (Wildman–Crippen MR) is 68.1 cm³/mol. The van der Waals surface area contributed by atoms with Crippen LogP contribution < -0.4 is 5.73 Å². The van der Waals surface area contributed by atoms with E-state index in [1.807, 2.05) is 13.8 Å². The Bertz CT molecular complexity index is 396. The number of hydrogen-bond donors (Lipinski definition) is 1. The number of rotatable bonds is 4. The minimum Gasteiger partial charge on any atom is -0.325 e. The molecule has 0 unspecified atom stereocenters. The van der Waals surface area contributed by atoms with E-state index in [4.69, 9.17) is 28.9 Å². The minimum atomic E-state index is -0.484. The zero-order chi connectivity index (χ0) is 12.3. The molecule has 0 heterocycles. The third-order valence-corrected chi connectivity index (χ3v) is 2.65. The van der Waals surface area contributed by atoms with Gasteiger partial charge in [-0.3, -0.25) is 4.79 Å². The third-order valence-electron chi connectivity index (χ3n) is 2.05. The molecule has 0 aromatic heterocycles. The van der Waals surface area contributed by atoms with Gasteiger partial charge in [-0.1, -0.05) is 23.2 Å². The maximum absolute atomic E-state index is 11.7. The summed E-state index contributed by atoms with van der Waals surface area (Å²) in [6.07, 6.45) is 0.607. The second kappa shape index (κ2) is 5.17. The minimum absolute atomic E-state index is 0.0664. The molecule has 1 aromatic rings. The van der Waals surface area contributed by atoms with Gasteiger partial charge in [0, 0.05) is 28.4 Å². The summed E-state index contributed by atoms with van der Waals surface area (Å²) in [5.41, 5.74) is 6.05. The van der Waals surface area contributed by atoms with E-state index < -0.39 is 5.54 Å². The highest BCUT2D eigenvalue weighted by molar-refractivity contribution is 6.33. The van der Waals surface area contributed by atoms with Gasteiger partial charge in [0.15, 0.2) is 0 Å². The first-order chi connectivity index (χ1) is 7.28. The zero-order valence-electron chi connectivity index (χ0n) is 9.39. The van der Waals surface area contributed by atoms with Crippen LogP contribution in [0.15, 0.2) is 18.2 Å². The first-order valence-electron chi connectivity index (χ1n) is 5.02. The lowest BCUT2D eigenvalue weighted by Gasteiger charge is -2.17. The Labute approximate surface area is 106 Å². The molecule has 0 fully saturated rings. The standard InChI is InChI=1S/C12H15Cl2NO/c1-12(2,15)7-10(16)6-8-5-9(13)3-4-11(8)14/h3-5H,6-7,15H2,1-2H3. The number of benzene rings is 1.